The van der Waals surface area contributed by atoms with Crippen LogP contribution in [0.4, 0.5) is 38.2 Å². The lowest BCUT2D eigenvalue weighted by atomic mass is 10.1. The number of carbonyl (C=O) groups is 2. The number of aliphatic carboxylic acids is 2. The van der Waals surface area contributed by atoms with Crippen molar-refractivity contribution in [2.45, 2.75) is 22.4 Å². The molecular formula is C26H26F6N6O6S. The Balaban J connectivity index is 0.000000421. The van der Waals surface area contributed by atoms with Gasteiger partial charge in [-0.15, -0.1) is 0 Å². The molecule has 244 valence electrons. The minimum Gasteiger partial charge on any atom is -0.497 e. The van der Waals surface area contributed by atoms with Gasteiger partial charge in [-0.05, 0) is 60.3 Å². The number of nitrogen functional groups attached to an aromatic ring is 2. The van der Waals surface area contributed by atoms with E-state index in [4.69, 9.17) is 40.7 Å². The van der Waals surface area contributed by atoms with Crippen LogP contribution in [0.5, 0.6) is 11.5 Å². The fourth-order valence-electron chi connectivity index (χ4n) is 3.20. The van der Waals surface area contributed by atoms with Crippen molar-refractivity contribution in [3.05, 3.63) is 48.5 Å². The molecule has 0 aliphatic heterocycles. The molecule has 4 rings (SSSR count). The number of ether oxygens (including phenoxy) is 2. The van der Waals surface area contributed by atoms with Gasteiger partial charge in [0, 0.05) is 25.2 Å². The predicted octanol–water partition coefficient (Wildman–Crippen LogP) is 5.09. The molecule has 45 heavy (non-hydrogen) atoms. The van der Waals surface area contributed by atoms with Crippen LogP contribution in [0.15, 0.2) is 58.6 Å². The highest BCUT2D eigenvalue weighted by Crippen LogP contribution is 2.42. The third-order valence-electron chi connectivity index (χ3n) is 5.56. The third kappa shape index (κ3) is 9.46. The summed E-state index contributed by atoms with van der Waals surface area (Å²) >= 11 is 1.52. The molecule has 0 radical (unpaired) electrons. The maximum absolute atomic E-state index is 10.6. The van der Waals surface area contributed by atoms with Gasteiger partial charge in [0.15, 0.2) is 0 Å². The average Bonchev–Trinajstić information content (AvgIpc) is 3.42. The molecule has 6 N–H and O–H groups in total. The summed E-state index contributed by atoms with van der Waals surface area (Å²) in [6.07, 6.45) is -10.2. The summed E-state index contributed by atoms with van der Waals surface area (Å²) in [5.74, 6) is -3.10. The van der Waals surface area contributed by atoms with Crippen molar-refractivity contribution in [2.24, 2.45) is 14.1 Å². The summed E-state index contributed by atoms with van der Waals surface area (Å²) in [6.45, 7) is 0. The number of carboxylic acids is 2. The largest absolute Gasteiger partial charge is 0.497 e. The van der Waals surface area contributed by atoms with Crippen molar-refractivity contribution in [3.63, 3.8) is 0 Å². The first-order chi connectivity index (χ1) is 20.8. The standard InChI is InChI=1S/C22H24N6O2S.2C2HF3O2/c1-27-19(17(25-21(27)23)13-5-9-15(29-3)10-6-13)31-20-18(26-22(24)28(20)2)14-7-11-16(30-4)12-8-14;2*3-2(4,5)1(6)7/h5-12H,1-4H3,(H2,23,25)(H2,24,26);2*(H,6,7). The summed E-state index contributed by atoms with van der Waals surface area (Å²) < 4.78 is 77.7. The number of anilines is 2. The van der Waals surface area contributed by atoms with Crippen molar-refractivity contribution in [1.82, 2.24) is 19.1 Å². The average molecular weight is 665 g/mol. The summed E-state index contributed by atoms with van der Waals surface area (Å²) in [5.41, 5.74) is 15.8. The van der Waals surface area contributed by atoms with Gasteiger partial charge in [-0.3, -0.25) is 0 Å². The van der Waals surface area contributed by atoms with Crippen LogP contribution in [0.1, 0.15) is 0 Å². The minimum absolute atomic E-state index is 0.425. The van der Waals surface area contributed by atoms with Gasteiger partial charge in [0.1, 0.15) is 32.9 Å². The quantitative estimate of drug-likeness (QED) is 0.202. The predicted molar refractivity (Wildman–Crippen MR) is 151 cm³/mol. The van der Waals surface area contributed by atoms with E-state index in [1.807, 2.05) is 71.8 Å². The smallest absolute Gasteiger partial charge is 0.490 e. The Hall–Kier alpha value is -5.07. The van der Waals surface area contributed by atoms with Gasteiger partial charge in [0.25, 0.3) is 0 Å². The Morgan fingerprint density at radius 3 is 1.18 bits per heavy atom. The maximum Gasteiger partial charge on any atom is 0.490 e. The van der Waals surface area contributed by atoms with Crippen LogP contribution in [0.2, 0.25) is 0 Å². The number of rotatable bonds is 6. The van der Waals surface area contributed by atoms with E-state index in [1.54, 1.807) is 14.2 Å². The zero-order valence-electron chi connectivity index (χ0n) is 23.8. The van der Waals surface area contributed by atoms with E-state index in [0.29, 0.717) is 11.9 Å². The van der Waals surface area contributed by atoms with Crippen LogP contribution in [-0.2, 0) is 23.7 Å². The number of hydrogen-bond donors (Lipinski definition) is 4. The molecule has 0 bridgehead atoms. The van der Waals surface area contributed by atoms with Gasteiger partial charge >= 0.3 is 24.3 Å². The van der Waals surface area contributed by atoms with E-state index in [9.17, 15) is 26.3 Å². The first-order valence-electron chi connectivity index (χ1n) is 12.0. The zero-order chi connectivity index (χ0) is 34.3. The number of methoxy groups -OCH3 is 2. The van der Waals surface area contributed by atoms with Crippen molar-refractivity contribution in [1.29, 1.82) is 0 Å². The van der Waals surface area contributed by atoms with E-state index in [0.717, 1.165) is 44.1 Å². The minimum atomic E-state index is -5.08. The van der Waals surface area contributed by atoms with Crippen molar-refractivity contribution in [2.75, 3.05) is 25.7 Å². The van der Waals surface area contributed by atoms with Crippen molar-refractivity contribution < 1.29 is 55.6 Å². The molecule has 0 saturated carbocycles. The highest BCUT2D eigenvalue weighted by atomic mass is 32.2. The van der Waals surface area contributed by atoms with Crippen LogP contribution in [0, 0.1) is 0 Å². The molecular weight excluding hydrogens is 638 g/mol. The van der Waals surface area contributed by atoms with E-state index in [-0.39, 0.29) is 0 Å². The first kappa shape index (κ1) is 36.1. The molecule has 0 saturated heterocycles. The molecule has 12 nitrogen and oxygen atoms in total. The number of nitrogens with two attached hydrogens (primary N) is 2. The molecule has 0 fully saturated rings. The number of alkyl halides is 6. The van der Waals surface area contributed by atoms with Crippen LogP contribution in [0.25, 0.3) is 22.5 Å². The molecule has 0 spiro atoms. The molecule has 0 atom stereocenters. The monoisotopic (exact) mass is 664 g/mol. The lowest BCUT2D eigenvalue weighted by Crippen LogP contribution is -2.21. The van der Waals surface area contributed by atoms with Gasteiger partial charge in [-0.2, -0.15) is 26.3 Å². The lowest BCUT2D eigenvalue weighted by molar-refractivity contribution is -0.193. The summed E-state index contributed by atoms with van der Waals surface area (Å²) in [4.78, 5) is 27.0. The molecule has 19 heteroatoms. The van der Waals surface area contributed by atoms with Crippen molar-refractivity contribution in [3.8, 4) is 34.0 Å². The summed E-state index contributed by atoms with van der Waals surface area (Å²) in [7, 11) is 7.07. The molecule has 2 aromatic carbocycles. The molecule has 0 aliphatic carbocycles. The van der Waals surface area contributed by atoms with Gasteiger partial charge in [0.2, 0.25) is 11.9 Å². The van der Waals surface area contributed by atoms with Crippen LogP contribution >= 0.6 is 11.8 Å². The van der Waals surface area contributed by atoms with E-state index in [2.05, 4.69) is 9.97 Å². The lowest BCUT2D eigenvalue weighted by Gasteiger charge is -2.10. The maximum atomic E-state index is 10.6. The second kappa shape index (κ2) is 14.6. The molecule has 0 amide bonds. The van der Waals surface area contributed by atoms with Crippen LogP contribution < -0.4 is 20.9 Å². The molecule has 0 aliphatic rings. The number of aromatic nitrogens is 4. The fraction of sp³-hybridized carbons (Fsp3) is 0.231. The fourth-order valence-corrected chi connectivity index (χ4v) is 4.36. The molecule has 0 unspecified atom stereocenters. The summed E-state index contributed by atoms with van der Waals surface area (Å²) in [6, 6.07) is 15.5. The number of nitrogens with zero attached hydrogens (tertiary/aromatic N) is 4. The van der Waals surface area contributed by atoms with Crippen LogP contribution in [-0.4, -0.2) is 67.8 Å². The zero-order valence-corrected chi connectivity index (χ0v) is 24.6. The topological polar surface area (TPSA) is 181 Å². The van der Waals surface area contributed by atoms with E-state index in [1.165, 1.54) is 11.8 Å². The van der Waals surface area contributed by atoms with Gasteiger partial charge < -0.3 is 40.3 Å². The second-order valence-electron chi connectivity index (χ2n) is 8.53. The number of hydrogen-bond acceptors (Lipinski definition) is 9. The number of carboxylic acid groups (broad SMARTS) is 2. The highest BCUT2D eigenvalue weighted by molar-refractivity contribution is 7.99. The first-order valence-corrected chi connectivity index (χ1v) is 12.8. The van der Waals surface area contributed by atoms with E-state index >= 15 is 0 Å². The SMILES string of the molecule is COc1ccc(-c2nc(N)n(C)c2Sc2c(-c3ccc(OC)cc3)nc(N)n2C)cc1.O=C(O)C(F)(F)F.O=C(O)C(F)(F)F. The summed E-state index contributed by atoms with van der Waals surface area (Å²) in [5, 5.41) is 16.0. The Morgan fingerprint density at radius 1 is 0.689 bits per heavy atom. The number of halogens is 6. The molecule has 4 aromatic rings. The Kier molecular flexibility index (Phi) is 11.7. The third-order valence-corrected chi connectivity index (χ3v) is 6.88. The Morgan fingerprint density at radius 2 is 0.956 bits per heavy atom. The van der Waals surface area contributed by atoms with Crippen LogP contribution in [0.3, 0.4) is 0 Å². The van der Waals surface area contributed by atoms with Gasteiger partial charge in [-0.1, -0.05) is 0 Å². The van der Waals surface area contributed by atoms with Gasteiger partial charge in [-0.25, -0.2) is 19.6 Å². The van der Waals surface area contributed by atoms with E-state index < -0.39 is 24.3 Å². The highest BCUT2D eigenvalue weighted by Gasteiger charge is 2.38. The molecule has 2 heterocycles. The molecule has 2 aromatic heterocycles. The van der Waals surface area contributed by atoms with Gasteiger partial charge in [0.05, 0.1) is 14.2 Å². The number of benzene rings is 2. The normalized spacial score (nSPS) is 11.1. The van der Waals surface area contributed by atoms with Crippen molar-refractivity contribution >= 4 is 35.6 Å². The second-order valence-corrected chi connectivity index (χ2v) is 9.51. The Labute approximate surface area is 255 Å². The number of imidazole rings is 2. The Bertz CT molecular complexity index is 1500.